The van der Waals surface area contributed by atoms with E-state index in [9.17, 15) is 0 Å². The maximum absolute atomic E-state index is 5.19. The molecule has 1 rings (SSSR count). The Bertz CT molecular complexity index is 265. The molecule has 0 spiro atoms. The van der Waals surface area contributed by atoms with Crippen molar-refractivity contribution in [3.05, 3.63) is 22.4 Å². The van der Waals surface area contributed by atoms with Crippen LogP contribution in [0.4, 0.5) is 0 Å². The van der Waals surface area contributed by atoms with Crippen molar-refractivity contribution in [2.45, 2.75) is 6.10 Å². The lowest BCUT2D eigenvalue weighted by atomic mass is 10.3. The normalized spacial score (nSPS) is 10.6. The lowest BCUT2D eigenvalue weighted by molar-refractivity contribution is 0.105. The molecule has 4 heteroatoms. The van der Waals surface area contributed by atoms with Crippen LogP contribution in [0, 0.1) is 12.3 Å². The van der Waals surface area contributed by atoms with E-state index in [1.54, 1.807) is 11.3 Å². The lowest BCUT2D eigenvalue weighted by Crippen LogP contribution is -1.92. The summed E-state index contributed by atoms with van der Waals surface area (Å²) in [5.74, 6) is 2.46. The van der Waals surface area contributed by atoms with E-state index in [0.717, 1.165) is 4.88 Å². The van der Waals surface area contributed by atoms with Gasteiger partial charge in [0.05, 0.1) is 4.88 Å². The van der Waals surface area contributed by atoms with Crippen LogP contribution in [0.1, 0.15) is 11.0 Å². The summed E-state index contributed by atoms with van der Waals surface area (Å²) < 4.78 is 0. The Morgan fingerprint density at radius 1 is 1.75 bits per heavy atom. The highest BCUT2D eigenvalue weighted by Crippen LogP contribution is 2.21. The number of thiophene rings is 1. The van der Waals surface area contributed by atoms with Gasteiger partial charge in [-0.3, -0.25) is 0 Å². The Kier molecular flexibility index (Phi) is 5.18. The first-order valence-corrected chi connectivity index (χ1v) is 3.88. The van der Waals surface area contributed by atoms with E-state index in [4.69, 9.17) is 11.3 Å². The summed E-state index contributed by atoms with van der Waals surface area (Å²) >= 11 is 1.54. The maximum atomic E-state index is 5.19. The first-order chi connectivity index (χ1) is 5.38. The van der Waals surface area contributed by atoms with Crippen LogP contribution in [0.3, 0.4) is 0 Å². The molecule has 2 nitrogen and oxygen atoms in total. The molecule has 0 aromatic carbocycles. The predicted molar refractivity (Wildman–Crippen MR) is 53.8 cm³/mol. The standard InChI is InChI=1S/C8H7NOS.ClH/c1-3-7(10-9-2)8-5-4-6-11-8;/h1,4-7H,2H2;1H. The zero-order valence-corrected chi connectivity index (χ0v) is 7.90. The average molecular weight is 202 g/mol. The van der Waals surface area contributed by atoms with Gasteiger partial charge < -0.3 is 4.84 Å². The van der Waals surface area contributed by atoms with Crippen molar-refractivity contribution in [1.29, 1.82) is 0 Å². The van der Waals surface area contributed by atoms with Gasteiger partial charge in [0.25, 0.3) is 0 Å². The fourth-order valence-electron chi connectivity index (χ4n) is 0.679. The highest BCUT2D eigenvalue weighted by atomic mass is 35.5. The van der Waals surface area contributed by atoms with E-state index in [2.05, 4.69) is 17.8 Å². The Hall–Kier alpha value is -0.980. The smallest absolute Gasteiger partial charge is 0.221 e. The van der Waals surface area contributed by atoms with Crippen molar-refractivity contribution in [3.63, 3.8) is 0 Å². The van der Waals surface area contributed by atoms with E-state index in [-0.39, 0.29) is 18.5 Å². The molecule has 1 unspecified atom stereocenters. The second kappa shape index (κ2) is 5.64. The van der Waals surface area contributed by atoms with Crippen LogP contribution in [0.5, 0.6) is 0 Å². The Morgan fingerprint density at radius 3 is 2.92 bits per heavy atom. The molecule has 0 fully saturated rings. The van der Waals surface area contributed by atoms with Gasteiger partial charge in [-0.2, -0.15) is 0 Å². The van der Waals surface area contributed by atoms with E-state index >= 15 is 0 Å². The third kappa shape index (κ3) is 2.57. The quantitative estimate of drug-likeness (QED) is 0.418. The second-order valence-electron chi connectivity index (χ2n) is 1.80. The van der Waals surface area contributed by atoms with Gasteiger partial charge >= 0.3 is 0 Å². The third-order valence-electron chi connectivity index (χ3n) is 1.13. The van der Waals surface area contributed by atoms with Crippen LogP contribution in [-0.4, -0.2) is 6.72 Å². The fraction of sp³-hybridized carbons (Fsp3) is 0.125. The molecule has 0 bridgehead atoms. The lowest BCUT2D eigenvalue weighted by Gasteiger charge is -2.03. The van der Waals surface area contributed by atoms with E-state index in [1.807, 2.05) is 17.5 Å². The van der Waals surface area contributed by atoms with Crippen LogP contribution in [0.15, 0.2) is 22.7 Å². The monoisotopic (exact) mass is 201 g/mol. The van der Waals surface area contributed by atoms with Crippen molar-refractivity contribution < 1.29 is 4.84 Å². The minimum absolute atomic E-state index is 0. The number of nitrogens with zero attached hydrogens (tertiary/aromatic N) is 1. The summed E-state index contributed by atoms with van der Waals surface area (Å²) in [4.78, 5) is 5.80. The first-order valence-electron chi connectivity index (χ1n) is 3.00. The van der Waals surface area contributed by atoms with Crippen LogP contribution >= 0.6 is 23.7 Å². The van der Waals surface area contributed by atoms with Gasteiger partial charge in [0, 0.05) is 6.72 Å². The molecule has 0 radical (unpaired) electrons. The summed E-state index contributed by atoms with van der Waals surface area (Å²) in [5, 5.41) is 5.21. The molecule has 0 aliphatic rings. The van der Waals surface area contributed by atoms with Gasteiger partial charge in [0.1, 0.15) is 0 Å². The highest BCUT2D eigenvalue weighted by molar-refractivity contribution is 7.10. The van der Waals surface area contributed by atoms with Gasteiger partial charge in [-0.05, 0) is 11.4 Å². The second-order valence-corrected chi connectivity index (χ2v) is 2.78. The van der Waals surface area contributed by atoms with Crippen molar-refractivity contribution in [2.75, 3.05) is 0 Å². The average Bonchev–Trinajstić information content (AvgIpc) is 2.52. The number of terminal acetylenes is 1. The summed E-state index contributed by atoms with van der Waals surface area (Å²) in [6.07, 6.45) is 4.81. The molecular formula is C8H8ClNOS. The van der Waals surface area contributed by atoms with Crippen molar-refractivity contribution in [2.24, 2.45) is 5.16 Å². The van der Waals surface area contributed by atoms with Gasteiger partial charge in [-0.25, -0.2) is 0 Å². The van der Waals surface area contributed by atoms with Gasteiger partial charge in [-0.15, -0.1) is 35.3 Å². The number of hydrogen-bond acceptors (Lipinski definition) is 3. The minimum atomic E-state index is -0.382. The van der Waals surface area contributed by atoms with E-state index in [0.29, 0.717) is 0 Å². The zero-order chi connectivity index (χ0) is 8.10. The van der Waals surface area contributed by atoms with Gasteiger partial charge in [-0.1, -0.05) is 12.0 Å². The molecule has 0 aliphatic heterocycles. The molecule has 1 aromatic heterocycles. The third-order valence-corrected chi connectivity index (χ3v) is 2.05. The topological polar surface area (TPSA) is 21.6 Å². The van der Waals surface area contributed by atoms with Crippen LogP contribution < -0.4 is 0 Å². The molecule has 1 heterocycles. The summed E-state index contributed by atoms with van der Waals surface area (Å²) in [6, 6.07) is 3.82. The number of rotatable bonds is 3. The molecule has 0 aliphatic carbocycles. The number of oxime groups is 1. The molecule has 64 valence electrons. The maximum Gasteiger partial charge on any atom is 0.221 e. The largest absolute Gasteiger partial charge is 0.374 e. The van der Waals surface area contributed by atoms with Crippen LogP contribution in [0.25, 0.3) is 0 Å². The van der Waals surface area contributed by atoms with Gasteiger partial charge in [0.15, 0.2) is 0 Å². The predicted octanol–water partition coefficient (Wildman–Crippen LogP) is 2.48. The first kappa shape index (κ1) is 11.0. The molecule has 12 heavy (non-hydrogen) atoms. The minimum Gasteiger partial charge on any atom is -0.374 e. The SMILES string of the molecule is C#CC(ON=C)c1cccs1.Cl. The number of halogens is 1. The molecular weight excluding hydrogens is 194 g/mol. The molecule has 0 saturated carbocycles. The van der Waals surface area contributed by atoms with Gasteiger partial charge in [0.2, 0.25) is 6.10 Å². The highest BCUT2D eigenvalue weighted by Gasteiger charge is 2.08. The van der Waals surface area contributed by atoms with Crippen molar-refractivity contribution >= 4 is 30.5 Å². The Morgan fingerprint density at radius 2 is 2.50 bits per heavy atom. The van der Waals surface area contributed by atoms with E-state index in [1.165, 1.54) is 0 Å². The molecule has 0 N–H and O–H groups in total. The fourth-order valence-corrected chi connectivity index (χ4v) is 1.39. The molecule has 0 saturated heterocycles. The van der Waals surface area contributed by atoms with E-state index < -0.39 is 0 Å². The Balaban J connectivity index is 0.00000121. The zero-order valence-electron chi connectivity index (χ0n) is 6.27. The molecule has 0 amide bonds. The van der Waals surface area contributed by atoms with Crippen molar-refractivity contribution in [1.82, 2.24) is 0 Å². The number of hydrogen-bond donors (Lipinski definition) is 0. The summed E-state index contributed by atoms with van der Waals surface area (Å²) in [6.45, 7) is 3.20. The van der Waals surface area contributed by atoms with Crippen LogP contribution in [-0.2, 0) is 4.84 Å². The van der Waals surface area contributed by atoms with Crippen LogP contribution in [0.2, 0.25) is 0 Å². The Labute approximate surface area is 81.6 Å². The summed E-state index contributed by atoms with van der Waals surface area (Å²) in [7, 11) is 0. The van der Waals surface area contributed by atoms with Crippen molar-refractivity contribution in [3.8, 4) is 12.3 Å². The summed E-state index contributed by atoms with van der Waals surface area (Å²) in [5.41, 5.74) is 0. The molecule has 1 aromatic rings. The molecule has 1 atom stereocenters.